The van der Waals surface area contributed by atoms with E-state index in [9.17, 15) is 9.18 Å². The fourth-order valence-corrected chi connectivity index (χ4v) is 2.27. The minimum atomic E-state index is -1.04. The second-order valence-corrected chi connectivity index (χ2v) is 4.66. The van der Waals surface area contributed by atoms with Crippen molar-refractivity contribution in [1.29, 1.82) is 0 Å². The highest BCUT2D eigenvalue weighted by Crippen LogP contribution is 2.26. The van der Waals surface area contributed by atoms with Gasteiger partial charge in [-0.15, -0.1) is 11.8 Å². The van der Waals surface area contributed by atoms with Gasteiger partial charge >= 0.3 is 5.97 Å². The van der Waals surface area contributed by atoms with Gasteiger partial charge in [0.2, 0.25) is 0 Å². The number of carboxylic acid groups (broad SMARTS) is 1. The van der Waals surface area contributed by atoms with E-state index >= 15 is 0 Å². The van der Waals surface area contributed by atoms with E-state index in [0.717, 1.165) is 0 Å². The van der Waals surface area contributed by atoms with Crippen LogP contribution in [0.25, 0.3) is 0 Å². The van der Waals surface area contributed by atoms with Crippen molar-refractivity contribution in [3.8, 4) is 0 Å². The summed E-state index contributed by atoms with van der Waals surface area (Å²) >= 11 is 1.32. The Morgan fingerprint density at radius 2 is 2.17 bits per heavy atom. The quantitative estimate of drug-likeness (QED) is 0.657. The molecule has 1 heterocycles. The molecule has 0 saturated carbocycles. The molecule has 2 aromatic rings. The van der Waals surface area contributed by atoms with Crippen LogP contribution in [0.5, 0.6) is 0 Å². The number of rotatable bonds is 4. The Labute approximate surface area is 107 Å². The van der Waals surface area contributed by atoms with Crippen LogP contribution in [-0.4, -0.2) is 11.1 Å². The number of nitrogens with two attached hydrogens (primary N) is 1. The van der Waals surface area contributed by atoms with Crippen LogP contribution in [0.1, 0.15) is 16.1 Å². The molecule has 0 fully saturated rings. The largest absolute Gasteiger partial charge is 0.478 e. The number of furan rings is 1. The van der Waals surface area contributed by atoms with Gasteiger partial charge in [-0.3, -0.25) is 0 Å². The van der Waals surface area contributed by atoms with Gasteiger partial charge in [-0.2, -0.15) is 0 Å². The Kier molecular flexibility index (Phi) is 3.57. The van der Waals surface area contributed by atoms with Crippen LogP contribution in [0.2, 0.25) is 0 Å². The Hall–Kier alpha value is -1.95. The van der Waals surface area contributed by atoms with E-state index in [1.807, 2.05) is 0 Å². The van der Waals surface area contributed by atoms with Crippen molar-refractivity contribution in [1.82, 2.24) is 0 Å². The normalized spacial score (nSPS) is 10.5. The zero-order valence-corrected chi connectivity index (χ0v) is 10.0. The molecule has 0 bridgehead atoms. The number of carboxylic acids is 1. The molecule has 0 spiro atoms. The summed E-state index contributed by atoms with van der Waals surface area (Å²) in [7, 11) is 0. The predicted octanol–water partition coefficient (Wildman–Crippen LogP) is 2.99. The highest BCUT2D eigenvalue weighted by atomic mass is 32.2. The molecule has 0 atom stereocenters. The number of thioether (sulfide) groups is 1. The lowest BCUT2D eigenvalue weighted by molar-refractivity contribution is 0.0696. The molecule has 0 aliphatic heterocycles. The third-order valence-electron chi connectivity index (χ3n) is 2.18. The first kappa shape index (κ1) is 12.5. The average molecular weight is 267 g/mol. The van der Waals surface area contributed by atoms with Crippen molar-refractivity contribution in [3.63, 3.8) is 0 Å². The van der Waals surface area contributed by atoms with Crippen LogP contribution in [0.4, 0.5) is 10.1 Å². The average Bonchev–Trinajstić information content (AvgIpc) is 2.73. The maximum Gasteiger partial charge on any atom is 0.338 e. The zero-order chi connectivity index (χ0) is 13.1. The predicted molar refractivity (Wildman–Crippen MR) is 66.0 cm³/mol. The van der Waals surface area contributed by atoms with Gasteiger partial charge < -0.3 is 15.3 Å². The van der Waals surface area contributed by atoms with E-state index in [4.69, 9.17) is 15.3 Å². The SMILES string of the molecule is Nc1cc(F)cc(SCc2cc(C(=O)O)co2)c1. The maximum absolute atomic E-state index is 13.1. The fourth-order valence-electron chi connectivity index (χ4n) is 1.39. The Morgan fingerprint density at radius 3 is 2.78 bits per heavy atom. The van der Waals surface area contributed by atoms with Crippen LogP contribution in [0, 0.1) is 5.82 Å². The molecule has 18 heavy (non-hydrogen) atoms. The number of anilines is 1. The summed E-state index contributed by atoms with van der Waals surface area (Å²) in [4.78, 5) is 11.3. The standard InChI is InChI=1S/C12H10FNO3S/c13-8-2-9(14)4-11(3-8)18-6-10-1-7(5-17-10)12(15)16/h1-5H,6,14H2,(H,15,16). The maximum atomic E-state index is 13.1. The van der Waals surface area contributed by atoms with Crippen LogP contribution < -0.4 is 5.73 Å². The van der Waals surface area contributed by atoms with Gasteiger partial charge in [0.15, 0.2) is 0 Å². The molecule has 2 rings (SSSR count). The summed E-state index contributed by atoms with van der Waals surface area (Å²) in [5.74, 6) is -0.510. The second-order valence-electron chi connectivity index (χ2n) is 3.62. The zero-order valence-electron chi connectivity index (χ0n) is 9.22. The number of hydrogen-bond acceptors (Lipinski definition) is 4. The van der Waals surface area contributed by atoms with E-state index in [2.05, 4.69) is 0 Å². The smallest absolute Gasteiger partial charge is 0.338 e. The molecular formula is C12H10FNO3S. The van der Waals surface area contributed by atoms with E-state index in [1.54, 1.807) is 6.07 Å². The number of halogens is 1. The second kappa shape index (κ2) is 5.14. The number of carbonyl (C=O) groups is 1. The molecule has 0 unspecified atom stereocenters. The monoisotopic (exact) mass is 267 g/mol. The number of hydrogen-bond donors (Lipinski definition) is 2. The summed E-state index contributed by atoms with van der Waals surface area (Å²) in [6.07, 6.45) is 1.18. The molecule has 1 aromatic carbocycles. The molecule has 0 radical (unpaired) electrons. The molecule has 0 aliphatic rings. The highest BCUT2D eigenvalue weighted by molar-refractivity contribution is 7.98. The first-order valence-electron chi connectivity index (χ1n) is 5.04. The lowest BCUT2D eigenvalue weighted by atomic mass is 10.3. The first-order chi connectivity index (χ1) is 8.54. The van der Waals surface area contributed by atoms with Crippen molar-refractivity contribution in [2.75, 3.05) is 5.73 Å². The number of benzene rings is 1. The lowest BCUT2D eigenvalue weighted by Crippen LogP contribution is -1.91. The molecule has 0 aliphatic carbocycles. The van der Waals surface area contributed by atoms with Crippen molar-refractivity contribution in [3.05, 3.63) is 47.7 Å². The molecular weight excluding hydrogens is 257 g/mol. The Balaban J connectivity index is 2.04. The lowest BCUT2D eigenvalue weighted by Gasteiger charge is -2.01. The van der Waals surface area contributed by atoms with E-state index in [-0.39, 0.29) is 5.56 Å². The number of aromatic carboxylic acids is 1. The van der Waals surface area contributed by atoms with Crippen LogP contribution >= 0.6 is 11.8 Å². The van der Waals surface area contributed by atoms with Gasteiger partial charge in [0.25, 0.3) is 0 Å². The van der Waals surface area contributed by atoms with Gasteiger partial charge in [-0.05, 0) is 24.3 Å². The van der Waals surface area contributed by atoms with E-state index in [0.29, 0.717) is 22.1 Å². The fraction of sp³-hybridized carbons (Fsp3) is 0.0833. The molecule has 0 saturated heterocycles. The minimum Gasteiger partial charge on any atom is -0.478 e. The third kappa shape index (κ3) is 3.04. The third-order valence-corrected chi connectivity index (χ3v) is 3.17. The first-order valence-corrected chi connectivity index (χ1v) is 6.03. The molecule has 0 amide bonds. The van der Waals surface area contributed by atoms with Crippen molar-refractivity contribution in [2.24, 2.45) is 0 Å². The summed E-state index contributed by atoms with van der Waals surface area (Å²) < 4.78 is 18.2. The molecule has 3 N–H and O–H groups in total. The summed E-state index contributed by atoms with van der Waals surface area (Å²) in [6, 6.07) is 5.69. The van der Waals surface area contributed by atoms with Crippen molar-refractivity contribution >= 4 is 23.4 Å². The van der Waals surface area contributed by atoms with Crippen LogP contribution in [-0.2, 0) is 5.75 Å². The van der Waals surface area contributed by atoms with Crippen molar-refractivity contribution < 1.29 is 18.7 Å². The summed E-state index contributed by atoms with van der Waals surface area (Å²) in [5.41, 5.74) is 5.97. The molecule has 4 nitrogen and oxygen atoms in total. The van der Waals surface area contributed by atoms with Gasteiger partial charge in [0, 0.05) is 10.6 Å². The Morgan fingerprint density at radius 1 is 1.39 bits per heavy atom. The van der Waals surface area contributed by atoms with Crippen LogP contribution in [0.15, 0.2) is 39.8 Å². The molecule has 94 valence electrons. The topological polar surface area (TPSA) is 76.5 Å². The summed E-state index contributed by atoms with van der Waals surface area (Å²) in [5, 5.41) is 8.72. The van der Waals surface area contributed by atoms with E-state index < -0.39 is 11.8 Å². The highest BCUT2D eigenvalue weighted by Gasteiger charge is 2.08. The van der Waals surface area contributed by atoms with Gasteiger partial charge in [0.05, 0.1) is 11.3 Å². The van der Waals surface area contributed by atoms with Crippen molar-refractivity contribution in [2.45, 2.75) is 10.6 Å². The minimum absolute atomic E-state index is 0.101. The van der Waals surface area contributed by atoms with Gasteiger partial charge in [0.1, 0.15) is 17.8 Å². The summed E-state index contributed by atoms with van der Waals surface area (Å²) in [6.45, 7) is 0. The van der Waals surface area contributed by atoms with Crippen LogP contribution in [0.3, 0.4) is 0 Å². The van der Waals surface area contributed by atoms with Gasteiger partial charge in [-0.25, -0.2) is 9.18 Å². The molecule has 1 aromatic heterocycles. The Bertz CT molecular complexity index is 562. The van der Waals surface area contributed by atoms with E-state index in [1.165, 1.54) is 36.2 Å². The van der Waals surface area contributed by atoms with Gasteiger partial charge in [-0.1, -0.05) is 0 Å². The number of nitrogen functional groups attached to an aromatic ring is 1. The molecule has 6 heteroatoms.